The van der Waals surface area contributed by atoms with Crippen LogP contribution in [0.5, 0.6) is 5.75 Å². The van der Waals surface area contributed by atoms with Crippen LogP contribution in [-0.2, 0) is 9.53 Å². The van der Waals surface area contributed by atoms with Gasteiger partial charge in [-0.25, -0.2) is 0 Å². The predicted molar refractivity (Wildman–Crippen MR) is 105 cm³/mol. The highest BCUT2D eigenvalue weighted by molar-refractivity contribution is 5.84. The third kappa shape index (κ3) is 3.32. The fraction of sp³-hybridized carbons (Fsp3) is 0.455. The van der Waals surface area contributed by atoms with Crippen LogP contribution in [-0.4, -0.2) is 42.1 Å². The number of nitrogens with zero attached hydrogens (tertiary/aromatic N) is 2. The van der Waals surface area contributed by atoms with Gasteiger partial charge >= 0.3 is 5.97 Å². The van der Waals surface area contributed by atoms with Gasteiger partial charge in [-0.15, -0.1) is 6.58 Å². The summed E-state index contributed by atoms with van der Waals surface area (Å²) in [6.45, 7) is 7.53. The molecular weight excluding hydrogens is 340 g/mol. The molecule has 1 aromatic carbocycles. The van der Waals surface area contributed by atoms with Crippen LogP contribution >= 0.6 is 0 Å². The van der Waals surface area contributed by atoms with Crippen LogP contribution in [0.3, 0.4) is 0 Å². The van der Waals surface area contributed by atoms with E-state index in [1.165, 1.54) is 13.3 Å². The number of rotatable bonds is 5. The SMILES string of the molecule is C=CC1CN2CC[C@@H]1CC2C(OC(C)=O)c1ccnc2ccc(OC)cc12. The van der Waals surface area contributed by atoms with E-state index in [1.54, 1.807) is 13.3 Å². The van der Waals surface area contributed by atoms with Gasteiger partial charge in [0.15, 0.2) is 0 Å². The molecule has 3 aliphatic rings. The average molecular weight is 366 g/mol. The lowest BCUT2D eigenvalue weighted by molar-refractivity contribution is -0.154. The van der Waals surface area contributed by atoms with Gasteiger partial charge in [0.05, 0.1) is 18.7 Å². The van der Waals surface area contributed by atoms with Crippen LogP contribution in [0.2, 0.25) is 0 Å². The van der Waals surface area contributed by atoms with Crippen molar-refractivity contribution in [1.29, 1.82) is 0 Å². The van der Waals surface area contributed by atoms with E-state index in [2.05, 4.69) is 22.5 Å². The molecule has 5 nitrogen and oxygen atoms in total. The van der Waals surface area contributed by atoms with Crippen molar-refractivity contribution in [2.75, 3.05) is 20.2 Å². The summed E-state index contributed by atoms with van der Waals surface area (Å²) < 4.78 is 11.3. The number of hydrogen-bond donors (Lipinski definition) is 0. The van der Waals surface area contributed by atoms with E-state index in [0.29, 0.717) is 11.8 Å². The second kappa shape index (κ2) is 7.31. The molecule has 0 amide bonds. The Morgan fingerprint density at radius 3 is 2.93 bits per heavy atom. The van der Waals surface area contributed by atoms with E-state index in [-0.39, 0.29) is 18.1 Å². The van der Waals surface area contributed by atoms with Gasteiger partial charge in [-0.3, -0.25) is 14.7 Å². The fourth-order valence-electron chi connectivity index (χ4n) is 4.74. The second-order valence-corrected chi connectivity index (χ2v) is 7.56. The van der Waals surface area contributed by atoms with Crippen molar-refractivity contribution in [3.8, 4) is 5.75 Å². The van der Waals surface area contributed by atoms with E-state index in [1.807, 2.05) is 24.3 Å². The summed E-state index contributed by atoms with van der Waals surface area (Å²) in [5.74, 6) is 1.66. The topological polar surface area (TPSA) is 51.7 Å². The first-order valence-electron chi connectivity index (χ1n) is 9.57. The minimum atomic E-state index is -0.311. The molecule has 4 unspecified atom stereocenters. The molecule has 3 aliphatic heterocycles. The third-order valence-corrected chi connectivity index (χ3v) is 6.09. The highest BCUT2D eigenvalue weighted by Gasteiger charge is 2.44. The van der Waals surface area contributed by atoms with Gasteiger partial charge in [0.1, 0.15) is 11.9 Å². The molecule has 0 aliphatic carbocycles. The van der Waals surface area contributed by atoms with E-state index >= 15 is 0 Å². The summed E-state index contributed by atoms with van der Waals surface area (Å²) in [5.41, 5.74) is 1.88. The van der Waals surface area contributed by atoms with Crippen molar-refractivity contribution in [3.05, 3.63) is 48.7 Å². The quantitative estimate of drug-likeness (QED) is 0.596. The Kier molecular flexibility index (Phi) is 4.87. The number of fused-ring (bicyclic) bond motifs is 4. The maximum absolute atomic E-state index is 12.0. The molecule has 4 heterocycles. The van der Waals surface area contributed by atoms with Crippen LogP contribution in [0.25, 0.3) is 10.9 Å². The molecule has 0 radical (unpaired) electrons. The van der Waals surface area contributed by atoms with Gasteiger partial charge in [-0.05, 0) is 55.5 Å². The molecule has 27 heavy (non-hydrogen) atoms. The van der Waals surface area contributed by atoms with Crippen molar-refractivity contribution >= 4 is 16.9 Å². The first kappa shape index (κ1) is 18.0. The smallest absolute Gasteiger partial charge is 0.303 e. The minimum absolute atomic E-state index is 0.181. The molecule has 5 atom stereocenters. The molecule has 1 aromatic heterocycles. The van der Waals surface area contributed by atoms with Crippen LogP contribution in [0, 0.1) is 11.8 Å². The van der Waals surface area contributed by atoms with Crippen LogP contribution in [0.15, 0.2) is 43.1 Å². The van der Waals surface area contributed by atoms with E-state index in [0.717, 1.165) is 41.7 Å². The number of aromatic nitrogens is 1. The zero-order valence-electron chi connectivity index (χ0n) is 15.9. The molecule has 3 fully saturated rings. The monoisotopic (exact) mass is 366 g/mol. The summed E-state index contributed by atoms with van der Waals surface area (Å²) in [6, 6.07) is 7.99. The number of ether oxygens (including phenoxy) is 2. The lowest BCUT2D eigenvalue weighted by Gasteiger charge is -2.51. The predicted octanol–water partition coefficient (Wildman–Crippen LogP) is 3.74. The van der Waals surface area contributed by atoms with Gasteiger partial charge in [0.25, 0.3) is 0 Å². The first-order valence-corrected chi connectivity index (χ1v) is 9.57. The molecule has 2 bridgehead atoms. The second-order valence-electron chi connectivity index (χ2n) is 7.56. The summed E-state index contributed by atoms with van der Waals surface area (Å²) in [6.07, 6.45) is 5.77. The molecule has 0 saturated carbocycles. The number of hydrogen-bond acceptors (Lipinski definition) is 5. The highest BCUT2D eigenvalue weighted by atomic mass is 16.5. The van der Waals surface area contributed by atoms with Gasteiger partial charge in [-0.2, -0.15) is 0 Å². The molecular formula is C22H26N2O3. The van der Waals surface area contributed by atoms with Crippen molar-refractivity contribution < 1.29 is 14.3 Å². The Hall–Kier alpha value is -2.40. The summed E-state index contributed by atoms with van der Waals surface area (Å²) >= 11 is 0. The summed E-state index contributed by atoms with van der Waals surface area (Å²) in [5, 5.41) is 0.978. The molecule has 5 rings (SSSR count). The maximum Gasteiger partial charge on any atom is 0.303 e. The Labute approximate surface area is 160 Å². The number of esters is 1. The Bertz CT molecular complexity index is 866. The van der Waals surface area contributed by atoms with Gasteiger partial charge in [0.2, 0.25) is 0 Å². The lowest BCUT2D eigenvalue weighted by atomic mass is 9.73. The van der Waals surface area contributed by atoms with E-state index in [4.69, 9.17) is 9.47 Å². The maximum atomic E-state index is 12.0. The van der Waals surface area contributed by atoms with Gasteiger partial charge < -0.3 is 9.47 Å². The van der Waals surface area contributed by atoms with Crippen molar-refractivity contribution in [2.24, 2.45) is 11.8 Å². The molecule has 142 valence electrons. The molecule has 3 saturated heterocycles. The van der Waals surface area contributed by atoms with Crippen LogP contribution < -0.4 is 4.74 Å². The third-order valence-electron chi connectivity index (χ3n) is 6.09. The Balaban J connectivity index is 1.76. The van der Waals surface area contributed by atoms with Crippen molar-refractivity contribution in [1.82, 2.24) is 9.88 Å². The minimum Gasteiger partial charge on any atom is -0.497 e. The number of methoxy groups -OCH3 is 1. The normalized spacial score (nSPS) is 27.9. The van der Waals surface area contributed by atoms with E-state index < -0.39 is 0 Å². The van der Waals surface area contributed by atoms with E-state index in [9.17, 15) is 4.79 Å². The number of carbonyl (C=O) groups is 1. The average Bonchev–Trinajstić information content (AvgIpc) is 2.71. The Morgan fingerprint density at radius 1 is 1.41 bits per heavy atom. The molecule has 0 spiro atoms. The molecule has 5 heteroatoms. The lowest BCUT2D eigenvalue weighted by Crippen LogP contribution is -2.55. The summed E-state index contributed by atoms with van der Waals surface area (Å²) in [4.78, 5) is 18.9. The zero-order chi connectivity index (χ0) is 19.0. The summed E-state index contributed by atoms with van der Waals surface area (Å²) in [7, 11) is 1.65. The van der Waals surface area contributed by atoms with Crippen LogP contribution in [0.1, 0.15) is 31.4 Å². The largest absolute Gasteiger partial charge is 0.497 e. The zero-order valence-corrected chi connectivity index (χ0v) is 15.9. The molecule has 0 N–H and O–H groups in total. The number of pyridine rings is 1. The number of piperidine rings is 3. The molecule has 2 aromatic rings. The van der Waals surface area contributed by atoms with Crippen molar-refractivity contribution in [2.45, 2.75) is 31.9 Å². The highest BCUT2D eigenvalue weighted by Crippen LogP contribution is 2.43. The van der Waals surface area contributed by atoms with Gasteiger partial charge in [0, 0.05) is 30.6 Å². The van der Waals surface area contributed by atoms with Gasteiger partial charge in [-0.1, -0.05) is 6.08 Å². The number of carbonyl (C=O) groups excluding carboxylic acids is 1. The Morgan fingerprint density at radius 2 is 2.26 bits per heavy atom. The van der Waals surface area contributed by atoms with Crippen molar-refractivity contribution in [3.63, 3.8) is 0 Å². The standard InChI is InChI=1S/C22H26N2O3/c1-4-15-13-24-10-8-16(15)11-21(24)22(27-14(2)25)18-7-9-23-20-6-5-17(26-3)12-19(18)20/h4-7,9,12,15-16,21-22H,1,8,10-11,13H2,2-3H3/t15?,16-,21?,22?/m1/s1. The number of benzene rings is 1. The van der Waals surface area contributed by atoms with Crippen LogP contribution in [0.4, 0.5) is 0 Å². The first-order chi connectivity index (χ1) is 13.1. The fourth-order valence-corrected chi connectivity index (χ4v) is 4.74.